The number of rotatable bonds is 2. The summed E-state index contributed by atoms with van der Waals surface area (Å²) < 4.78 is 5.79. The molecule has 0 aromatic carbocycles. The van der Waals surface area contributed by atoms with Crippen LogP contribution in [0.3, 0.4) is 0 Å². The van der Waals surface area contributed by atoms with Crippen molar-refractivity contribution in [2.24, 2.45) is 5.41 Å². The predicted octanol–water partition coefficient (Wildman–Crippen LogP) is 1.44. The zero-order chi connectivity index (χ0) is 15.2. The maximum atomic E-state index is 12.4. The molecule has 3 N–H and O–H groups in total. The van der Waals surface area contributed by atoms with E-state index in [-0.39, 0.29) is 23.4 Å². The van der Waals surface area contributed by atoms with Gasteiger partial charge in [0, 0.05) is 18.5 Å². The molecule has 0 bridgehead atoms. The van der Waals surface area contributed by atoms with Crippen molar-refractivity contribution < 1.29 is 14.3 Å². The lowest BCUT2D eigenvalue weighted by Gasteiger charge is -2.35. The van der Waals surface area contributed by atoms with Crippen molar-refractivity contribution in [3.05, 3.63) is 23.2 Å². The molecular weight excluding hydrogens is 268 g/mol. The van der Waals surface area contributed by atoms with Gasteiger partial charge < -0.3 is 20.2 Å². The van der Waals surface area contributed by atoms with Crippen LogP contribution in [0.5, 0.6) is 0 Å². The van der Waals surface area contributed by atoms with E-state index in [1.807, 2.05) is 13.0 Å². The third-order valence-corrected chi connectivity index (χ3v) is 4.48. The highest BCUT2D eigenvalue weighted by atomic mass is 16.3. The SMILES string of the molecule is Cc1cc2c(o1)CC(C)(C)CC2NC(=O)C1CC(O)CN1. The lowest BCUT2D eigenvalue weighted by atomic mass is 9.74. The average Bonchev–Trinajstić information content (AvgIpc) is 2.93. The molecule has 3 rings (SSSR count). The van der Waals surface area contributed by atoms with Crippen molar-refractivity contribution >= 4 is 5.91 Å². The van der Waals surface area contributed by atoms with Crippen molar-refractivity contribution in [3.63, 3.8) is 0 Å². The Morgan fingerprint density at radius 3 is 2.95 bits per heavy atom. The number of carbonyl (C=O) groups is 1. The van der Waals surface area contributed by atoms with Crippen LogP contribution in [-0.2, 0) is 11.2 Å². The summed E-state index contributed by atoms with van der Waals surface area (Å²) in [6, 6.07) is 1.74. The molecule has 1 amide bonds. The molecule has 0 radical (unpaired) electrons. The molecular formula is C16H24N2O3. The highest BCUT2D eigenvalue weighted by Gasteiger charge is 2.37. The molecule has 1 aliphatic heterocycles. The molecule has 2 heterocycles. The molecule has 116 valence electrons. The number of hydrogen-bond acceptors (Lipinski definition) is 4. The first-order chi connectivity index (χ1) is 9.84. The van der Waals surface area contributed by atoms with Crippen molar-refractivity contribution in [1.82, 2.24) is 10.6 Å². The summed E-state index contributed by atoms with van der Waals surface area (Å²) in [6.45, 7) is 6.83. The van der Waals surface area contributed by atoms with Gasteiger partial charge in [-0.25, -0.2) is 0 Å². The Morgan fingerprint density at radius 2 is 2.29 bits per heavy atom. The van der Waals surface area contributed by atoms with E-state index in [4.69, 9.17) is 4.42 Å². The van der Waals surface area contributed by atoms with Gasteiger partial charge in [-0.1, -0.05) is 13.8 Å². The van der Waals surface area contributed by atoms with Gasteiger partial charge in [0.1, 0.15) is 11.5 Å². The fraction of sp³-hybridized carbons (Fsp3) is 0.688. The van der Waals surface area contributed by atoms with Crippen LogP contribution >= 0.6 is 0 Å². The minimum Gasteiger partial charge on any atom is -0.466 e. The predicted molar refractivity (Wildman–Crippen MR) is 78.8 cm³/mol. The van der Waals surface area contributed by atoms with Gasteiger partial charge in [-0.15, -0.1) is 0 Å². The number of carbonyl (C=O) groups excluding carboxylic acids is 1. The fourth-order valence-corrected chi connectivity index (χ4v) is 3.50. The molecule has 2 aliphatic rings. The number of aliphatic hydroxyl groups excluding tert-OH is 1. The summed E-state index contributed by atoms with van der Waals surface area (Å²) in [5.74, 6) is 1.86. The lowest BCUT2D eigenvalue weighted by Crippen LogP contribution is -2.44. The van der Waals surface area contributed by atoms with E-state index in [1.165, 1.54) is 0 Å². The Labute approximate surface area is 125 Å². The molecule has 5 nitrogen and oxygen atoms in total. The largest absolute Gasteiger partial charge is 0.466 e. The van der Waals surface area contributed by atoms with Crippen LogP contribution in [0.4, 0.5) is 0 Å². The van der Waals surface area contributed by atoms with Crippen molar-refractivity contribution in [3.8, 4) is 0 Å². The Morgan fingerprint density at radius 1 is 1.52 bits per heavy atom. The van der Waals surface area contributed by atoms with Crippen LogP contribution in [0, 0.1) is 12.3 Å². The molecule has 1 aromatic rings. The van der Waals surface area contributed by atoms with E-state index in [9.17, 15) is 9.90 Å². The Balaban J connectivity index is 1.76. The number of fused-ring (bicyclic) bond motifs is 1. The van der Waals surface area contributed by atoms with Gasteiger partial charge in [-0.05, 0) is 31.2 Å². The van der Waals surface area contributed by atoms with Gasteiger partial charge in [0.2, 0.25) is 5.91 Å². The molecule has 1 aromatic heterocycles. The number of β-amino-alcohol motifs (C(OH)–C–C–N with tert-alkyl or cyclic N) is 1. The van der Waals surface area contributed by atoms with Crippen LogP contribution in [0.15, 0.2) is 10.5 Å². The number of aliphatic hydroxyl groups is 1. The van der Waals surface area contributed by atoms with Gasteiger partial charge in [0.15, 0.2) is 0 Å². The lowest BCUT2D eigenvalue weighted by molar-refractivity contribution is -0.124. The van der Waals surface area contributed by atoms with Gasteiger partial charge in [0.05, 0.1) is 18.2 Å². The van der Waals surface area contributed by atoms with E-state index < -0.39 is 6.10 Å². The van der Waals surface area contributed by atoms with Gasteiger partial charge >= 0.3 is 0 Å². The second-order valence-corrected chi connectivity index (χ2v) is 7.19. The first kappa shape index (κ1) is 14.6. The number of hydrogen-bond donors (Lipinski definition) is 3. The smallest absolute Gasteiger partial charge is 0.237 e. The van der Waals surface area contributed by atoms with Crippen LogP contribution in [0.2, 0.25) is 0 Å². The molecule has 0 spiro atoms. The van der Waals surface area contributed by atoms with Crippen molar-refractivity contribution in [2.45, 2.75) is 58.2 Å². The van der Waals surface area contributed by atoms with Crippen molar-refractivity contribution in [1.29, 1.82) is 0 Å². The molecule has 3 unspecified atom stereocenters. The number of aryl methyl sites for hydroxylation is 1. The van der Waals surface area contributed by atoms with Gasteiger partial charge in [-0.3, -0.25) is 4.79 Å². The second kappa shape index (κ2) is 5.14. The Bertz CT molecular complexity index is 550. The highest BCUT2D eigenvalue weighted by Crippen LogP contribution is 2.42. The van der Waals surface area contributed by atoms with E-state index in [0.717, 1.165) is 29.9 Å². The van der Waals surface area contributed by atoms with E-state index >= 15 is 0 Å². The summed E-state index contributed by atoms with van der Waals surface area (Å²) in [7, 11) is 0. The molecule has 1 fully saturated rings. The van der Waals surface area contributed by atoms with Crippen LogP contribution in [0.25, 0.3) is 0 Å². The van der Waals surface area contributed by atoms with E-state index in [0.29, 0.717) is 13.0 Å². The Hall–Kier alpha value is -1.33. The number of amides is 1. The molecule has 1 saturated heterocycles. The molecule has 1 aliphatic carbocycles. The maximum absolute atomic E-state index is 12.4. The molecule has 0 saturated carbocycles. The average molecular weight is 292 g/mol. The zero-order valence-corrected chi connectivity index (χ0v) is 12.9. The summed E-state index contributed by atoms with van der Waals surface area (Å²) >= 11 is 0. The zero-order valence-electron chi connectivity index (χ0n) is 12.9. The van der Waals surface area contributed by atoms with E-state index in [2.05, 4.69) is 24.5 Å². The topological polar surface area (TPSA) is 74.5 Å². The first-order valence-corrected chi connectivity index (χ1v) is 7.65. The third-order valence-electron chi connectivity index (χ3n) is 4.48. The quantitative estimate of drug-likeness (QED) is 0.771. The monoisotopic (exact) mass is 292 g/mol. The summed E-state index contributed by atoms with van der Waals surface area (Å²) in [5, 5.41) is 15.7. The highest BCUT2D eigenvalue weighted by molar-refractivity contribution is 5.82. The van der Waals surface area contributed by atoms with Gasteiger partial charge in [0.25, 0.3) is 0 Å². The standard InChI is InChI=1S/C16H24N2O3/c1-9-4-11-13(6-16(2,3)7-14(11)21-9)18-15(20)12-5-10(19)8-17-12/h4,10,12-13,17,19H,5-8H2,1-3H3,(H,18,20). The number of nitrogens with one attached hydrogen (secondary N) is 2. The summed E-state index contributed by atoms with van der Waals surface area (Å²) in [6.07, 6.45) is 1.87. The second-order valence-electron chi connectivity index (χ2n) is 7.19. The molecule has 3 atom stereocenters. The third kappa shape index (κ3) is 2.99. The minimum absolute atomic E-state index is 0.00626. The number of furan rings is 1. The molecule has 21 heavy (non-hydrogen) atoms. The molecule has 5 heteroatoms. The first-order valence-electron chi connectivity index (χ1n) is 7.65. The van der Waals surface area contributed by atoms with Crippen LogP contribution < -0.4 is 10.6 Å². The summed E-state index contributed by atoms with van der Waals surface area (Å²) in [5.41, 5.74) is 1.22. The van der Waals surface area contributed by atoms with Crippen LogP contribution in [-0.4, -0.2) is 29.7 Å². The van der Waals surface area contributed by atoms with Crippen LogP contribution in [0.1, 0.15) is 49.8 Å². The fourth-order valence-electron chi connectivity index (χ4n) is 3.50. The normalized spacial score (nSPS) is 31.0. The van der Waals surface area contributed by atoms with Gasteiger partial charge in [-0.2, -0.15) is 0 Å². The minimum atomic E-state index is -0.421. The van der Waals surface area contributed by atoms with E-state index in [1.54, 1.807) is 0 Å². The van der Waals surface area contributed by atoms with Crippen molar-refractivity contribution in [2.75, 3.05) is 6.54 Å². The maximum Gasteiger partial charge on any atom is 0.237 e. The Kier molecular flexibility index (Phi) is 3.58. The summed E-state index contributed by atoms with van der Waals surface area (Å²) in [4.78, 5) is 12.4.